The summed E-state index contributed by atoms with van der Waals surface area (Å²) in [6.07, 6.45) is 0. The highest BCUT2D eigenvalue weighted by Gasteiger charge is 2.06. The molecule has 0 saturated carbocycles. The quantitative estimate of drug-likeness (QED) is 0.838. The van der Waals surface area contributed by atoms with E-state index in [-0.39, 0.29) is 18.5 Å². The summed E-state index contributed by atoms with van der Waals surface area (Å²) >= 11 is 3.09. The topological polar surface area (TPSA) is 41.5 Å². The van der Waals surface area contributed by atoms with Crippen LogP contribution in [-0.2, 0) is 11.3 Å². The summed E-state index contributed by atoms with van der Waals surface area (Å²) in [5, 5.41) is 12.1. The fourth-order valence-corrected chi connectivity index (χ4v) is 1.54. The third-order valence-electron chi connectivity index (χ3n) is 2.17. The van der Waals surface area contributed by atoms with Gasteiger partial charge in [0.1, 0.15) is 5.82 Å². The van der Waals surface area contributed by atoms with E-state index in [2.05, 4.69) is 21.2 Å². The van der Waals surface area contributed by atoms with Gasteiger partial charge in [0, 0.05) is 13.7 Å². The van der Waals surface area contributed by atoms with E-state index in [1.165, 1.54) is 6.07 Å². The first-order chi connectivity index (χ1) is 7.67. The Hall–Kier alpha value is -0.490. The molecule has 0 aliphatic carbocycles. The lowest BCUT2D eigenvalue weighted by atomic mass is 10.2. The van der Waals surface area contributed by atoms with Crippen LogP contribution in [0.5, 0.6) is 0 Å². The summed E-state index contributed by atoms with van der Waals surface area (Å²) in [7, 11) is 1.57. The molecule has 3 nitrogen and oxygen atoms in total. The number of hydrogen-bond acceptors (Lipinski definition) is 3. The van der Waals surface area contributed by atoms with Crippen molar-refractivity contribution < 1.29 is 14.2 Å². The Bertz CT molecular complexity index is 336. The number of halogens is 2. The Kier molecular flexibility index (Phi) is 5.90. The Morgan fingerprint density at radius 1 is 1.56 bits per heavy atom. The molecule has 1 unspecified atom stereocenters. The second kappa shape index (κ2) is 6.96. The molecule has 1 aromatic carbocycles. The molecule has 2 N–H and O–H groups in total. The maximum atomic E-state index is 13.2. The lowest BCUT2D eigenvalue weighted by molar-refractivity contribution is 0.128. The maximum Gasteiger partial charge on any atom is 0.137 e. The predicted molar refractivity (Wildman–Crippen MR) is 63.7 cm³/mol. The van der Waals surface area contributed by atoms with Crippen molar-refractivity contribution in [3.63, 3.8) is 0 Å². The second-order valence-electron chi connectivity index (χ2n) is 3.46. The highest BCUT2D eigenvalue weighted by atomic mass is 79.9. The van der Waals surface area contributed by atoms with Gasteiger partial charge in [-0.15, -0.1) is 0 Å². The molecule has 16 heavy (non-hydrogen) atoms. The first kappa shape index (κ1) is 13.6. The number of aliphatic hydroxyl groups excluding tert-OH is 1. The van der Waals surface area contributed by atoms with Gasteiger partial charge < -0.3 is 15.2 Å². The smallest absolute Gasteiger partial charge is 0.137 e. The molecule has 0 radical (unpaired) electrons. The number of nitrogens with one attached hydrogen (secondary N) is 1. The zero-order valence-electron chi connectivity index (χ0n) is 9.04. The minimum Gasteiger partial charge on any atom is -0.395 e. The van der Waals surface area contributed by atoms with Crippen molar-refractivity contribution in [1.82, 2.24) is 5.32 Å². The Morgan fingerprint density at radius 2 is 2.31 bits per heavy atom. The van der Waals surface area contributed by atoms with E-state index in [4.69, 9.17) is 9.84 Å². The summed E-state index contributed by atoms with van der Waals surface area (Å²) in [4.78, 5) is 0. The first-order valence-electron chi connectivity index (χ1n) is 4.94. The summed E-state index contributed by atoms with van der Waals surface area (Å²) in [5.41, 5.74) is 0.829. The highest BCUT2D eigenvalue weighted by Crippen LogP contribution is 2.16. The number of rotatable bonds is 6. The molecular weight excluding hydrogens is 277 g/mol. The van der Waals surface area contributed by atoms with E-state index in [9.17, 15) is 4.39 Å². The second-order valence-corrected chi connectivity index (χ2v) is 4.32. The van der Waals surface area contributed by atoms with Crippen LogP contribution in [0.1, 0.15) is 5.56 Å². The molecule has 0 aliphatic rings. The molecule has 1 atom stereocenters. The molecule has 0 aromatic heterocycles. The van der Waals surface area contributed by atoms with E-state index in [0.717, 1.165) is 5.56 Å². The Labute approximate surface area is 103 Å². The number of aliphatic hydroxyl groups is 1. The van der Waals surface area contributed by atoms with E-state index in [1.807, 2.05) is 6.07 Å². The zero-order chi connectivity index (χ0) is 12.0. The average Bonchev–Trinajstić information content (AvgIpc) is 2.28. The van der Waals surface area contributed by atoms with Gasteiger partial charge in [0.15, 0.2) is 0 Å². The normalized spacial score (nSPS) is 12.8. The average molecular weight is 292 g/mol. The van der Waals surface area contributed by atoms with Crippen LogP contribution >= 0.6 is 15.9 Å². The van der Waals surface area contributed by atoms with Crippen LogP contribution in [0.15, 0.2) is 22.7 Å². The van der Waals surface area contributed by atoms with Crippen molar-refractivity contribution >= 4 is 15.9 Å². The molecule has 0 aliphatic heterocycles. The predicted octanol–water partition coefficient (Wildman–Crippen LogP) is 1.69. The van der Waals surface area contributed by atoms with E-state index >= 15 is 0 Å². The summed E-state index contributed by atoms with van der Waals surface area (Å²) in [5.74, 6) is -0.286. The van der Waals surface area contributed by atoms with Gasteiger partial charge in [-0.05, 0) is 33.6 Å². The van der Waals surface area contributed by atoms with Crippen LogP contribution in [-0.4, -0.2) is 31.5 Å². The van der Waals surface area contributed by atoms with Crippen LogP contribution in [0.3, 0.4) is 0 Å². The molecule has 0 fully saturated rings. The molecule has 0 heterocycles. The minimum atomic E-state index is -0.286. The highest BCUT2D eigenvalue weighted by molar-refractivity contribution is 9.10. The maximum absolute atomic E-state index is 13.2. The molecule has 1 rings (SSSR count). The van der Waals surface area contributed by atoms with Gasteiger partial charge in [-0.25, -0.2) is 4.39 Å². The number of ether oxygens (including phenoxy) is 1. The van der Waals surface area contributed by atoms with Crippen LogP contribution in [0.25, 0.3) is 0 Å². The summed E-state index contributed by atoms with van der Waals surface area (Å²) in [6, 6.07) is 4.81. The lowest BCUT2D eigenvalue weighted by Crippen LogP contribution is -2.35. The van der Waals surface area contributed by atoms with Gasteiger partial charge >= 0.3 is 0 Å². The van der Waals surface area contributed by atoms with Gasteiger partial charge in [0.2, 0.25) is 0 Å². The molecule has 90 valence electrons. The van der Waals surface area contributed by atoms with Gasteiger partial charge in [-0.2, -0.15) is 0 Å². The lowest BCUT2D eigenvalue weighted by Gasteiger charge is -2.15. The van der Waals surface area contributed by atoms with Crippen molar-refractivity contribution in [3.05, 3.63) is 34.1 Å². The van der Waals surface area contributed by atoms with Crippen molar-refractivity contribution in [3.8, 4) is 0 Å². The zero-order valence-corrected chi connectivity index (χ0v) is 10.6. The van der Waals surface area contributed by atoms with E-state index < -0.39 is 0 Å². The van der Waals surface area contributed by atoms with E-state index in [0.29, 0.717) is 17.6 Å². The monoisotopic (exact) mass is 291 g/mol. The third-order valence-corrected chi connectivity index (χ3v) is 2.81. The largest absolute Gasteiger partial charge is 0.395 e. The first-order valence-corrected chi connectivity index (χ1v) is 5.73. The van der Waals surface area contributed by atoms with E-state index in [1.54, 1.807) is 13.2 Å². The van der Waals surface area contributed by atoms with Crippen LogP contribution in [0.2, 0.25) is 0 Å². The summed E-state index contributed by atoms with van der Waals surface area (Å²) < 4.78 is 18.6. The molecule has 5 heteroatoms. The molecule has 0 saturated heterocycles. The fraction of sp³-hybridized carbons (Fsp3) is 0.455. The van der Waals surface area contributed by atoms with Gasteiger partial charge in [0.25, 0.3) is 0 Å². The minimum absolute atomic E-state index is 0.00709. The van der Waals surface area contributed by atoms with Gasteiger partial charge in [-0.3, -0.25) is 0 Å². The van der Waals surface area contributed by atoms with Gasteiger partial charge in [0.05, 0.1) is 23.7 Å². The van der Waals surface area contributed by atoms with Crippen molar-refractivity contribution in [1.29, 1.82) is 0 Å². The van der Waals surface area contributed by atoms with Crippen LogP contribution in [0, 0.1) is 5.82 Å². The molecule has 0 amide bonds. The van der Waals surface area contributed by atoms with Crippen molar-refractivity contribution in [2.24, 2.45) is 0 Å². The SMILES string of the molecule is COCC(CO)NCc1ccc(Br)c(F)c1. The third kappa shape index (κ3) is 4.17. The Morgan fingerprint density at radius 3 is 2.88 bits per heavy atom. The number of benzene rings is 1. The van der Waals surface area contributed by atoms with Crippen molar-refractivity contribution in [2.75, 3.05) is 20.3 Å². The molecule has 0 spiro atoms. The van der Waals surface area contributed by atoms with Crippen LogP contribution in [0.4, 0.5) is 4.39 Å². The summed E-state index contributed by atoms with van der Waals surface area (Å²) in [6.45, 7) is 0.918. The van der Waals surface area contributed by atoms with Crippen molar-refractivity contribution in [2.45, 2.75) is 12.6 Å². The molecule has 0 bridgehead atoms. The van der Waals surface area contributed by atoms with Crippen LogP contribution < -0.4 is 5.32 Å². The number of hydrogen-bond donors (Lipinski definition) is 2. The standard InChI is InChI=1S/C11H15BrFNO2/c1-16-7-9(6-15)14-5-8-2-3-10(12)11(13)4-8/h2-4,9,14-15H,5-7H2,1H3. The number of methoxy groups -OCH3 is 1. The molecular formula is C11H15BrFNO2. The van der Waals surface area contributed by atoms with Gasteiger partial charge in [-0.1, -0.05) is 6.07 Å². The Balaban J connectivity index is 2.50. The molecule has 1 aromatic rings. The fourth-order valence-electron chi connectivity index (χ4n) is 1.29.